The molecule has 1 fully saturated rings. The second-order valence-corrected chi connectivity index (χ2v) is 6.50. The van der Waals surface area contributed by atoms with E-state index in [1.165, 1.54) is 11.5 Å². The Balaban J connectivity index is 2.15. The lowest BCUT2D eigenvalue weighted by Crippen LogP contribution is -2.41. The predicted molar refractivity (Wildman–Crippen MR) is 70.3 cm³/mol. The smallest absolute Gasteiger partial charge is 0.115 e. The second-order valence-electron chi connectivity index (χ2n) is 3.73. The first kappa shape index (κ1) is 12.2. The Morgan fingerprint density at radius 2 is 2.06 bits per heavy atom. The zero-order valence-electron chi connectivity index (χ0n) is 9.17. The first-order valence-corrected chi connectivity index (χ1v) is 7.37. The summed E-state index contributed by atoms with van der Waals surface area (Å²) in [7, 11) is 0. The van der Waals surface area contributed by atoms with Crippen molar-refractivity contribution >= 4 is 23.5 Å². The Labute approximate surface area is 104 Å². The third-order valence-electron chi connectivity index (χ3n) is 2.68. The molecule has 88 valence electrons. The fourth-order valence-corrected chi connectivity index (χ4v) is 4.80. The zero-order chi connectivity index (χ0) is 11.4. The van der Waals surface area contributed by atoms with Gasteiger partial charge in [0.25, 0.3) is 0 Å². The van der Waals surface area contributed by atoms with Gasteiger partial charge in [0.1, 0.15) is 6.33 Å². The summed E-state index contributed by atoms with van der Waals surface area (Å²) >= 11 is 3.99. The van der Waals surface area contributed by atoms with E-state index in [1.54, 1.807) is 6.33 Å². The normalized spacial score (nSPS) is 27.6. The molecule has 16 heavy (non-hydrogen) atoms. The summed E-state index contributed by atoms with van der Waals surface area (Å²) in [6, 6.07) is 0.133. The predicted octanol–water partition coefficient (Wildman–Crippen LogP) is 1.22. The number of aromatic nitrogens is 2. The van der Waals surface area contributed by atoms with Gasteiger partial charge in [0.15, 0.2) is 0 Å². The van der Waals surface area contributed by atoms with Crippen LogP contribution in [0.5, 0.6) is 0 Å². The molecular formula is C10H16N4S2. The first-order chi connectivity index (χ1) is 7.83. The minimum atomic E-state index is 0.133. The number of nitrogens with one attached hydrogen (secondary N) is 1. The molecule has 6 heteroatoms. The molecule has 1 aromatic rings. The van der Waals surface area contributed by atoms with E-state index in [1.807, 2.05) is 35.9 Å². The number of hydrogen-bond acceptors (Lipinski definition) is 6. The van der Waals surface area contributed by atoms with Crippen molar-refractivity contribution in [3.05, 3.63) is 24.3 Å². The third-order valence-corrected chi connectivity index (χ3v) is 5.88. The Morgan fingerprint density at radius 1 is 1.38 bits per heavy atom. The van der Waals surface area contributed by atoms with E-state index < -0.39 is 0 Å². The molecular weight excluding hydrogens is 240 g/mol. The molecule has 2 rings (SSSR count). The molecule has 0 radical (unpaired) electrons. The molecule has 0 amide bonds. The summed E-state index contributed by atoms with van der Waals surface area (Å²) in [5, 5.41) is 1.08. The molecule has 1 saturated heterocycles. The van der Waals surface area contributed by atoms with Gasteiger partial charge in [0.05, 0.1) is 6.04 Å². The van der Waals surface area contributed by atoms with Crippen molar-refractivity contribution in [1.29, 1.82) is 0 Å². The number of nitrogens with two attached hydrogens (primary N) is 1. The minimum Gasteiger partial charge on any atom is -0.271 e. The Hall–Kier alpha value is -0.300. The molecule has 1 aliphatic heterocycles. The van der Waals surface area contributed by atoms with E-state index in [2.05, 4.69) is 22.3 Å². The summed E-state index contributed by atoms with van der Waals surface area (Å²) < 4.78 is 0. The largest absolute Gasteiger partial charge is 0.271 e. The Kier molecular flexibility index (Phi) is 4.45. The maximum Gasteiger partial charge on any atom is 0.115 e. The highest BCUT2D eigenvalue weighted by molar-refractivity contribution is 8.07. The van der Waals surface area contributed by atoms with Crippen LogP contribution in [0.15, 0.2) is 18.7 Å². The van der Waals surface area contributed by atoms with Crippen molar-refractivity contribution in [2.75, 3.05) is 11.5 Å². The fraction of sp³-hybridized carbons (Fsp3) is 0.600. The molecule has 1 aliphatic rings. The van der Waals surface area contributed by atoms with E-state index in [4.69, 9.17) is 5.84 Å². The van der Waals surface area contributed by atoms with E-state index >= 15 is 0 Å². The number of rotatable bonds is 3. The lowest BCUT2D eigenvalue weighted by atomic mass is 10.1. The van der Waals surface area contributed by atoms with Gasteiger partial charge >= 0.3 is 0 Å². The van der Waals surface area contributed by atoms with Crippen LogP contribution < -0.4 is 11.3 Å². The summed E-state index contributed by atoms with van der Waals surface area (Å²) in [6.07, 6.45) is 5.22. The molecule has 2 heterocycles. The molecule has 3 unspecified atom stereocenters. The van der Waals surface area contributed by atoms with Crippen molar-refractivity contribution in [3.63, 3.8) is 0 Å². The average Bonchev–Trinajstić information content (AvgIpc) is 2.34. The Morgan fingerprint density at radius 3 is 2.69 bits per heavy atom. The van der Waals surface area contributed by atoms with Crippen LogP contribution in [-0.2, 0) is 0 Å². The van der Waals surface area contributed by atoms with Crippen molar-refractivity contribution in [2.24, 2.45) is 5.84 Å². The van der Waals surface area contributed by atoms with E-state index in [-0.39, 0.29) is 6.04 Å². The van der Waals surface area contributed by atoms with E-state index in [9.17, 15) is 0 Å². The zero-order valence-corrected chi connectivity index (χ0v) is 10.8. The first-order valence-electron chi connectivity index (χ1n) is 5.27. The number of hydrazine groups is 1. The molecule has 4 nitrogen and oxygen atoms in total. The maximum atomic E-state index is 5.67. The quantitative estimate of drug-likeness (QED) is 0.626. The molecule has 1 aromatic heterocycles. The van der Waals surface area contributed by atoms with Crippen LogP contribution in [-0.4, -0.2) is 32.0 Å². The minimum absolute atomic E-state index is 0.133. The molecule has 3 N–H and O–H groups in total. The van der Waals surface area contributed by atoms with Crippen molar-refractivity contribution in [1.82, 2.24) is 15.4 Å². The highest BCUT2D eigenvalue weighted by Crippen LogP contribution is 2.37. The lowest BCUT2D eigenvalue weighted by Gasteiger charge is -2.33. The monoisotopic (exact) mass is 256 g/mol. The van der Waals surface area contributed by atoms with Crippen LogP contribution in [0.1, 0.15) is 18.5 Å². The van der Waals surface area contributed by atoms with Crippen LogP contribution in [0.4, 0.5) is 0 Å². The van der Waals surface area contributed by atoms with E-state index in [0.717, 1.165) is 5.56 Å². The van der Waals surface area contributed by atoms with Gasteiger partial charge in [0, 0.05) is 40.0 Å². The van der Waals surface area contributed by atoms with Gasteiger partial charge < -0.3 is 0 Å². The van der Waals surface area contributed by atoms with Crippen LogP contribution in [0.25, 0.3) is 0 Å². The molecule has 0 aromatic carbocycles. The molecule has 3 atom stereocenters. The van der Waals surface area contributed by atoms with Gasteiger partial charge in [0.2, 0.25) is 0 Å². The van der Waals surface area contributed by atoms with Gasteiger partial charge in [-0.2, -0.15) is 23.5 Å². The molecule has 0 bridgehead atoms. The van der Waals surface area contributed by atoms with Crippen LogP contribution in [0.3, 0.4) is 0 Å². The summed E-state index contributed by atoms with van der Waals surface area (Å²) in [5.41, 5.74) is 3.97. The van der Waals surface area contributed by atoms with Crippen LogP contribution in [0.2, 0.25) is 0 Å². The number of hydrogen-bond donors (Lipinski definition) is 2. The van der Waals surface area contributed by atoms with Crippen LogP contribution >= 0.6 is 23.5 Å². The van der Waals surface area contributed by atoms with Gasteiger partial charge in [-0.1, -0.05) is 6.92 Å². The summed E-state index contributed by atoms with van der Waals surface area (Å²) in [6.45, 7) is 2.26. The molecule has 0 aliphatic carbocycles. The fourth-order valence-electron chi connectivity index (χ4n) is 1.87. The highest BCUT2D eigenvalue weighted by atomic mass is 32.2. The van der Waals surface area contributed by atoms with Crippen molar-refractivity contribution in [3.8, 4) is 0 Å². The third kappa shape index (κ3) is 2.68. The van der Waals surface area contributed by atoms with Crippen molar-refractivity contribution in [2.45, 2.75) is 23.5 Å². The summed E-state index contributed by atoms with van der Waals surface area (Å²) in [4.78, 5) is 8.10. The summed E-state index contributed by atoms with van der Waals surface area (Å²) in [5.74, 6) is 8.08. The number of thioether (sulfide) groups is 2. The van der Waals surface area contributed by atoms with Gasteiger partial charge in [-0.15, -0.1) is 0 Å². The lowest BCUT2D eigenvalue weighted by molar-refractivity contribution is 0.523. The van der Waals surface area contributed by atoms with Crippen molar-refractivity contribution < 1.29 is 0 Å². The Bertz CT molecular complexity index is 322. The van der Waals surface area contributed by atoms with Gasteiger partial charge in [-0.3, -0.25) is 11.3 Å². The van der Waals surface area contributed by atoms with E-state index in [0.29, 0.717) is 10.5 Å². The second kappa shape index (κ2) is 5.86. The maximum absolute atomic E-state index is 5.67. The molecule has 0 saturated carbocycles. The SMILES string of the molecule is CC1SCCSC1C(NN)c1cncnc1. The van der Waals surface area contributed by atoms with Gasteiger partial charge in [-0.05, 0) is 0 Å². The molecule has 0 spiro atoms. The number of nitrogens with zero attached hydrogens (tertiary/aromatic N) is 2. The standard InChI is InChI=1S/C10H16N4S2/c1-7-10(16-3-2-15-7)9(14-11)8-4-12-6-13-5-8/h4-7,9-10,14H,2-3,11H2,1H3. The highest BCUT2D eigenvalue weighted by Gasteiger charge is 2.31. The topological polar surface area (TPSA) is 63.8 Å². The average molecular weight is 256 g/mol. The van der Waals surface area contributed by atoms with Crippen LogP contribution in [0, 0.1) is 0 Å². The van der Waals surface area contributed by atoms with Gasteiger partial charge in [-0.25, -0.2) is 9.97 Å².